The SMILES string of the molecule is O=C(c1ccc(OC2CCN(C(=O)c3ccoc3)CC2)nc1)N1CCOCC1. The number of ether oxygens (including phenoxy) is 2. The Labute approximate surface area is 163 Å². The van der Waals surface area contributed by atoms with Gasteiger partial charge in [0.1, 0.15) is 12.4 Å². The van der Waals surface area contributed by atoms with E-state index in [1.54, 1.807) is 29.3 Å². The zero-order valence-electron chi connectivity index (χ0n) is 15.6. The summed E-state index contributed by atoms with van der Waals surface area (Å²) in [6.45, 7) is 3.61. The maximum atomic E-state index is 12.4. The molecule has 2 fully saturated rings. The van der Waals surface area contributed by atoms with Crippen molar-refractivity contribution in [2.24, 2.45) is 0 Å². The molecule has 2 aliphatic heterocycles. The highest BCUT2D eigenvalue weighted by atomic mass is 16.5. The van der Waals surface area contributed by atoms with Crippen LogP contribution in [0.1, 0.15) is 33.6 Å². The van der Waals surface area contributed by atoms with Gasteiger partial charge in [0.15, 0.2) is 0 Å². The lowest BCUT2D eigenvalue weighted by Crippen LogP contribution is -2.41. The Kier molecular flexibility index (Phi) is 5.57. The first kappa shape index (κ1) is 18.5. The number of hydrogen-bond acceptors (Lipinski definition) is 6. The van der Waals surface area contributed by atoms with Crippen LogP contribution in [0.2, 0.25) is 0 Å². The summed E-state index contributed by atoms with van der Waals surface area (Å²) >= 11 is 0. The summed E-state index contributed by atoms with van der Waals surface area (Å²) in [7, 11) is 0. The van der Waals surface area contributed by atoms with Crippen molar-refractivity contribution in [2.75, 3.05) is 39.4 Å². The number of rotatable bonds is 4. The van der Waals surface area contributed by atoms with E-state index in [-0.39, 0.29) is 17.9 Å². The monoisotopic (exact) mass is 385 g/mol. The van der Waals surface area contributed by atoms with Gasteiger partial charge in [-0.3, -0.25) is 9.59 Å². The van der Waals surface area contributed by atoms with Crippen molar-refractivity contribution >= 4 is 11.8 Å². The predicted molar refractivity (Wildman–Crippen MR) is 99.2 cm³/mol. The largest absolute Gasteiger partial charge is 0.474 e. The second kappa shape index (κ2) is 8.43. The van der Waals surface area contributed by atoms with Crippen LogP contribution in [0.15, 0.2) is 41.3 Å². The molecule has 0 spiro atoms. The number of carbonyl (C=O) groups is 2. The highest BCUT2D eigenvalue weighted by Gasteiger charge is 2.25. The molecular formula is C20H23N3O5. The molecule has 0 radical (unpaired) electrons. The molecule has 8 heteroatoms. The summed E-state index contributed by atoms with van der Waals surface area (Å²) in [5, 5.41) is 0. The standard InChI is InChI=1S/C20H23N3O5/c24-19(23-8-11-26-12-9-23)15-1-2-18(21-13-15)28-17-3-6-22(7-4-17)20(25)16-5-10-27-14-16/h1-2,5,10,13-14,17H,3-4,6-9,11-12H2. The molecule has 0 atom stereocenters. The third kappa shape index (κ3) is 4.17. The summed E-state index contributed by atoms with van der Waals surface area (Å²) in [4.78, 5) is 32.6. The number of furan rings is 1. The molecule has 2 aliphatic rings. The topological polar surface area (TPSA) is 85.1 Å². The van der Waals surface area contributed by atoms with E-state index >= 15 is 0 Å². The van der Waals surface area contributed by atoms with E-state index in [2.05, 4.69) is 4.98 Å². The molecule has 148 valence electrons. The van der Waals surface area contributed by atoms with Crippen LogP contribution in [0.25, 0.3) is 0 Å². The van der Waals surface area contributed by atoms with Crippen molar-refractivity contribution < 1.29 is 23.5 Å². The van der Waals surface area contributed by atoms with Gasteiger partial charge in [-0.25, -0.2) is 4.98 Å². The van der Waals surface area contributed by atoms with Gasteiger partial charge in [0.05, 0.1) is 30.6 Å². The molecular weight excluding hydrogens is 362 g/mol. The lowest BCUT2D eigenvalue weighted by atomic mass is 10.1. The fraction of sp³-hybridized carbons (Fsp3) is 0.450. The van der Waals surface area contributed by atoms with E-state index in [0.29, 0.717) is 56.4 Å². The molecule has 2 aromatic rings. The molecule has 8 nitrogen and oxygen atoms in total. The molecule has 2 aromatic heterocycles. The van der Waals surface area contributed by atoms with Gasteiger partial charge in [0.2, 0.25) is 5.88 Å². The number of morpholine rings is 1. The Balaban J connectivity index is 1.28. The van der Waals surface area contributed by atoms with Crippen molar-refractivity contribution in [3.05, 3.63) is 48.0 Å². The molecule has 0 bridgehead atoms. The normalized spacial score (nSPS) is 18.1. The number of hydrogen-bond donors (Lipinski definition) is 0. The lowest BCUT2D eigenvalue weighted by molar-refractivity contribution is 0.0302. The molecule has 0 N–H and O–H groups in total. The minimum atomic E-state index is -0.0339. The number of nitrogens with zero attached hydrogens (tertiary/aromatic N) is 3. The first-order valence-electron chi connectivity index (χ1n) is 9.52. The number of pyridine rings is 1. The van der Waals surface area contributed by atoms with Crippen LogP contribution in [0.5, 0.6) is 5.88 Å². The summed E-state index contributed by atoms with van der Waals surface area (Å²) in [6, 6.07) is 5.16. The Morgan fingerprint density at radius 2 is 1.68 bits per heavy atom. The van der Waals surface area contributed by atoms with E-state index in [4.69, 9.17) is 13.9 Å². The molecule has 0 aliphatic carbocycles. The summed E-state index contributed by atoms with van der Waals surface area (Å²) in [5.41, 5.74) is 1.12. The lowest BCUT2D eigenvalue weighted by Gasteiger charge is -2.31. The number of amides is 2. The zero-order valence-corrected chi connectivity index (χ0v) is 15.6. The van der Waals surface area contributed by atoms with Crippen molar-refractivity contribution in [3.63, 3.8) is 0 Å². The van der Waals surface area contributed by atoms with E-state index in [9.17, 15) is 9.59 Å². The fourth-order valence-electron chi connectivity index (χ4n) is 3.44. The van der Waals surface area contributed by atoms with Crippen LogP contribution >= 0.6 is 0 Å². The third-order valence-electron chi connectivity index (χ3n) is 5.07. The van der Waals surface area contributed by atoms with E-state index < -0.39 is 0 Å². The Hall–Kier alpha value is -2.87. The van der Waals surface area contributed by atoms with Gasteiger partial charge in [-0.15, -0.1) is 0 Å². The summed E-state index contributed by atoms with van der Waals surface area (Å²) in [5.74, 6) is 0.447. The minimum absolute atomic E-state index is 0.00157. The van der Waals surface area contributed by atoms with Crippen molar-refractivity contribution in [3.8, 4) is 5.88 Å². The Morgan fingerprint density at radius 3 is 2.32 bits per heavy atom. The highest BCUT2D eigenvalue weighted by Crippen LogP contribution is 2.19. The minimum Gasteiger partial charge on any atom is -0.474 e. The number of piperidine rings is 1. The molecule has 2 amide bonds. The van der Waals surface area contributed by atoms with Crippen LogP contribution in [-0.4, -0.2) is 72.1 Å². The second-order valence-electron chi connectivity index (χ2n) is 6.91. The molecule has 0 saturated carbocycles. The van der Waals surface area contributed by atoms with Crippen LogP contribution in [-0.2, 0) is 4.74 Å². The predicted octanol–water partition coefficient (Wildman–Crippen LogP) is 1.83. The smallest absolute Gasteiger partial charge is 0.257 e. The van der Waals surface area contributed by atoms with E-state index in [1.165, 1.54) is 12.5 Å². The highest BCUT2D eigenvalue weighted by molar-refractivity contribution is 5.94. The Bertz CT molecular complexity index is 792. The Morgan fingerprint density at radius 1 is 0.964 bits per heavy atom. The molecule has 28 heavy (non-hydrogen) atoms. The number of aromatic nitrogens is 1. The van der Waals surface area contributed by atoms with Crippen LogP contribution < -0.4 is 4.74 Å². The van der Waals surface area contributed by atoms with Crippen molar-refractivity contribution in [1.29, 1.82) is 0 Å². The van der Waals surface area contributed by atoms with Gasteiger partial charge in [-0.2, -0.15) is 0 Å². The first-order valence-corrected chi connectivity index (χ1v) is 9.52. The molecule has 0 aromatic carbocycles. The molecule has 4 heterocycles. The summed E-state index contributed by atoms with van der Waals surface area (Å²) < 4.78 is 16.2. The molecule has 0 unspecified atom stereocenters. The first-order chi connectivity index (χ1) is 13.7. The van der Waals surface area contributed by atoms with Crippen molar-refractivity contribution in [2.45, 2.75) is 18.9 Å². The maximum absolute atomic E-state index is 12.4. The fourth-order valence-corrected chi connectivity index (χ4v) is 3.44. The van der Waals surface area contributed by atoms with Gasteiger partial charge in [-0.1, -0.05) is 0 Å². The van der Waals surface area contributed by atoms with Gasteiger partial charge < -0.3 is 23.7 Å². The average Bonchev–Trinajstić information content (AvgIpc) is 3.29. The van der Waals surface area contributed by atoms with Gasteiger partial charge in [0, 0.05) is 51.3 Å². The van der Waals surface area contributed by atoms with Gasteiger partial charge in [-0.05, 0) is 12.1 Å². The van der Waals surface area contributed by atoms with Gasteiger partial charge in [0.25, 0.3) is 11.8 Å². The maximum Gasteiger partial charge on any atom is 0.257 e. The quantitative estimate of drug-likeness (QED) is 0.798. The summed E-state index contributed by atoms with van der Waals surface area (Å²) in [6.07, 6.45) is 6.00. The number of likely N-dealkylation sites (tertiary alicyclic amines) is 1. The third-order valence-corrected chi connectivity index (χ3v) is 5.07. The zero-order chi connectivity index (χ0) is 19.3. The van der Waals surface area contributed by atoms with Crippen LogP contribution in [0.3, 0.4) is 0 Å². The average molecular weight is 385 g/mol. The second-order valence-corrected chi connectivity index (χ2v) is 6.91. The molecule has 2 saturated heterocycles. The van der Waals surface area contributed by atoms with E-state index in [0.717, 1.165) is 12.8 Å². The molecule has 4 rings (SSSR count). The van der Waals surface area contributed by atoms with E-state index in [1.807, 2.05) is 4.90 Å². The van der Waals surface area contributed by atoms with Gasteiger partial charge >= 0.3 is 0 Å². The van der Waals surface area contributed by atoms with Crippen molar-refractivity contribution in [1.82, 2.24) is 14.8 Å². The number of carbonyl (C=O) groups excluding carboxylic acids is 2. The van der Waals surface area contributed by atoms with Crippen LogP contribution in [0.4, 0.5) is 0 Å². The van der Waals surface area contributed by atoms with Crippen LogP contribution in [0, 0.1) is 0 Å².